The van der Waals surface area contributed by atoms with Gasteiger partial charge in [0.15, 0.2) is 17.0 Å². The monoisotopic (exact) mass is 191 g/mol. The molecule has 0 spiro atoms. The molecule has 0 saturated carbocycles. The second-order valence-electron chi connectivity index (χ2n) is 2.70. The van der Waals surface area contributed by atoms with Gasteiger partial charge in [-0.2, -0.15) is 9.97 Å². The molecule has 0 unspecified atom stereocenters. The molecule has 0 aliphatic rings. The second-order valence-corrected chi connectivity index (χ2v) is 2.70. The molecule has 2 rings (SSSR count). The van der Waals surface area contributed by atoms with E-state index in [0.29, 0.717) is 23.4 Å². The SMILES string of the molecule is NCc1cnc2nc(N)nc(N)c2n1. The van der Waals surface area contributed by atoms with Crippen molar-refractivity contribution in [1.82, 2.24) is 19.9 Å². The van der Waals surface area contributed by atoms with E-state index in [-0.39, 0.29) is 11.8 Å². The summed E-state index contributed by atoms with van der Waals surface area (Å²) in [6.45, 7) is 0.298. The standard InChI is InChI=1S/C7H9N7/c8-1-3-2-11-6-4(12-3)5(9)13-7(10)14-6/h2H,1,8H2,(H4,9,10,11,13,14). The minimum absolute atomic E-state index is 0.0878. The molecule has 7 nitrogen and oxygen atoms in total. The van der Waals surface area contributed by atoms with Crippen molar-refractivity contribution in [3.05, 3.63) is 11.9 Å². The van der Waals surface area contributed by atoms with Crippen LogP contribution >= 0.6 is 0 Å². The highest BCUT2D eigenvalue weighted by Crippen LogP contribution is 2.13. The summed E-state index contributed by atoms with van der Waals surface area (Å²) in [5.41, 5.74) is 17.9. The fourth-order valence-electron chi connectivity index (χ4n) is 1.08. The summed E-state index contributed by atoms with van der Waals surface area (Å²) in [5, 5.41) is 0. The van der Waals surface area contributed by atoms with Gasteiger partial charge in [0.05, 0.1) is 11.9 Å². The molecule has 7 heteroatoms. The Morgan fingerprint density at radius 2 is 1.93 bits per heavy atom. The third-order valence-electron chi connectivity index (χ3n) is 1.71. The van der Waals surface area contributed by atoms with E-state index in [9.17, 15) is 0 Å². The molecule has 0 aromatic carbocycles. The van der Waals surface area contributed by atoms with Crippen LogP contribution in [0.2, 0.25) is 0 Å². The molecule has 0 fully saturated rings. The molecule has 0 saturated heterocycles. The van der Waals surface area contributed by atoms with Crippen molar-refractivity contribution >= 4 is 22.9 Å². The number of fused-ring (bicyclic) bond motifs is 1. The average molecular weight is 191 g/mol. The Labute approximate surface area is 79.4 Å². The summed E-state index contributed by atoms with van der Waals surface area (Å²) in [5.74, 6) is 0.306. The van der Waals surface area contributed by atoms with Gasteiger partial charge in [0.25, 0.3) is 0 Å². The zero-order valence-corrected chi connectivity index (χ0v) is 7.31. The number of nitrogen functional groups attached to an aromatic ring is 2. The number of hydrogen-bond donors (Lipinski definition) is 3. The Hall–Kier alpha value is -2.02. The van der Waals surface area contributed by atoms with E-state index in [1.54, 1.807) is 0 Å². The minimum Gasteiger partial charge on any atom is -0.382 e. The van der Waals surface area contributed by atoms with Crippen molar-refractivity contribution in [2.24, 2.45) is 5.73 Å². The predicted molar refractivity (Wildman–Crippen MR) is 51.8 cm³/mol. The lowest BCUT2D eigenvalue weighted by Crippen LogP contribution is -2.06. The van der Waals surface area contributed by atoms with E-state index in [0.717, 1.165) is 0 Å². The minimum atomic E-state index is 0.0878. The molecule has 0 amide bonds. The molecule has 0 bridgehead atoms. The van der Waals surface area contributed by atoms with Crippen LogP contribution in [0.1, 0.15) is 5.69 Å². The Morgan fingerprint density at radius 3 is 2.64 bits per heavy atom. The van der Waals surface area contributed by atoms with Crippen LogP contribution in [0.15, 0.2) is 6.20 Å². The molecular formula is C7H9N7. The van der Waals surface area contributed by atoms with Crippen LogP contribution in [0.25, 0.3) is 11.2 Å². The molecule has 2 aromatic rings. The maximum absolute atomic E-state index is 5.61. The molecule has 14 heavy (non-hydrogen) atoms. The molecule has 0 aliphatic heterocycles. The number of aromatic nitrogens is 4. The van der Waals surface area contributed by atoms with Crippen LogP contribution < -0.4 is 17.2 Å². The predicted octanol–water partition coefficient (Wildman–Crippen LogP) is -0.957. The third-order valence-corrected chi connectivity index (χ3v) is 1.71. The fraction of sp³-hybridized carbons (Fsp3) is 0.143. The van der Waals surface area contributed by atoms with Crippen molar-refractivity contribution in [2.75, 3.05) is 11.5 Å². The smallest absolute Gasteiger partial charge is 0.224 e. The number of nitrogens with two attached hydrogens (primary N) is 3. The molecule has 6 N–H and O–H groups in total. The molecule has 2 aromatic heterocycles. The molecule has 72 valence electrons. The lowest BCUT2D eigenvalue weighted by molar-refractivity contribution is 0.980. The summed E-state index contributed by atoms with van der Waals surface area (Å²) in [4.78, 5) is 15.8. The maximum atomic E-state index is 5.61. The van der Waals surface area contributed by atoms with Crippen molar-refractivity contribution in [3.8, 4) is 0 Å². The molecule has 0 atom stereocenters. The second kappa shape index (κ2) is 3.04. The first-order chi connectivity index (χ1) is 6.70. The fourth-order valence-corrected chi connectivity index (χ4v) is 1.08. The van der Waals surface area contributed by atoms with Crippen LogP contribution in [-0.2, 0) is 6.54 Å². The largest absolute Gasteiger partial charge is 0.382 e. The molecular weight excluding hydrogens is 182 g/mol. The van der Waals surface area contributed by atoms with Gasteiger partial charge in [0.2, 0.25) is 5.95 Å². The molecule has 0 aliphatic carbocycles. The van der Waals surface area contributed by atoms with Gasteiger partial charge in [0, 0.05) is 6.54 Å². The quantitative estimate of drug-likeness (QED) is 0.529. The zero-order valence-electron chi connectivity index (χ0n) is 7.31. The van der Waals surface area contributed by atoms with Crippen molar-refractivity contribution in [3.63, 3.8) is 0 Å². The summed E-state index contributed by atoms with van der Waals surface area (Å²) >= 11 is 0. The van der Waals surface area contributed by atoms with Crippen molar-refractivity contribution in [2.45, 2.75) is 6.54 Å². The third kappa shape index (κ3) is 1.29. The lowest BCUT2D eigenvalue weighted by Gasteiger charge is -2.01. The first-order valence-corrected chi connectivity index (χ1v) is 3.95. The summed E-state index contributed by atoms with van der Waals surface area (Å²) in [7, 11) is 0. The molecule has 2 heterocycles. The Morgan fingerprint density at radius 1 is 1.14 bits per heavy atom. The van der Waals surface area contributed by atoms with E-state index in [2.05, 4.69) is 19.9 Å². The van der Waals surface area contributed by atoms with Crippen molar-refractivity contribution in [1.29, 1.82) is 0 Å². The highest BCUT2D eigenvalue weighted by atomic mass is 15.1. The van der Waals surface area contributed by atoms with E-state index >= 15 is 0 Å². The summed E-state index contributed by atoms with van der Waals surface area (Å²) in [6.07, 6.45) is 1.54. The van der Waals surface area contributed by atoms with Gasteiger partial charge < -0.3 is 17.2 Å². The summed E-state index contributed by atoms with van der Waals surface area (Å²) in [6, 6.07) is 0. The van der Waals surface area contributed by atoms with Crippen LogP contribution in [0.5, 0.6) is 0 Å². The number of anilines is 2. The van der Waals surface area contributed by atoms with E-state index in [1.807, 2.05) is 0 Å². The van der Waals surface area contributed by atoms with Gasteiger partial charge in [-0.05, 0) is 0 Å². The number of rotatable bonds is 1. The van der Waals surface area contributed by atoms with E-state index in [1.165, 1.54) is 6.20 Å². The average Bonchev–Trinajstić information content (AvgIpc) is 2.17. The Bertz CT molecular complexity index is 481. The van der Waals surface area contributed by atoms with Crippen LogP contribution in [0, 0.1) is 0 Å². The van der Waals surface area contributed by atoms with Crippen LogP contribution in [-0.4, -0.2) is 19.9 Å². The Kier molecular flexibility index (Phi) is 1.86. The van der Waals surface area contributed by atoms with E-state index < -0.39 is 0 Å². The number of hydrogen-bond acceptors (Lipinski definition) is 7. The number of nitrogens with zero attached hydrogens (tertiary/aromatic N) is 4. The normalized spacial score (nSPS) is 10.6. The Balaban J connectivity index is 2.75. The highest BCUT2D eigenvalue weighted by Gasteiger charge is 2.06. The van der Waals surface area contributed by atoms with Crippen LogP contribution in [0.3, 0.4) is 0 Å². The first kappa shape index (κ1) is 8.57. The van der Waals surface area contributed by atoms with Gasteiger partial charge in [-0.1, -0.05) is 0 Å². The van der Waals surface area contributed by atoms with E-state index in [4.69, 9.17) is 17.2 Å². The first-order valence-electron chi connectivity index (χ1n) is 3.95. The van der Waals surface area contributed by atoms with Crippen LogP contribution in [0.4, 0.5) is 11.8 Å². The maximum Gasteiger partial charge on any atom is 0.224 e. The van der Waals surface area contributed by atoms with Gasteiger partial charge >= 0.3 is 0 Å². The van der Waals surface area contributed by atoms with Crippen molar-refractivity contribution < 1.29 is 0 Å². The summed E-state index contributed by atoms with van der Waals surface area (Å²) < 4.78 is 0. The topological polar surface area (TPSA) is 130 Å². The lowest BCUT2D eigenvalue weighted by atomic mass is 10.4. The molecule has 0 radical (unpaired) electrons. The zero-order chi connectivity index (χ0) is 10.1. The van der Waals surface area contributed by atoms with Gasteiger partial charge in [-0.25, -0.2) is 9.97 Å². The van der Waals surface area contributed by atoms with Gasteiger partial charge in [0.1, 0.15) is 0 Å². The van der Waals surface area contributed by atoms with Gasteiger partial charge in [-0.3, -0.25) is 0 Å². The highest BCUT2D eigenvalue weighted by molar-refractivity contribution is 5.81. The van der Waals surface area contributed by atoms with Gasteiger partial charge in [-0.15, -0.1) is 0 Å².